The second-order valence-corrected chi connectivity index (χ2v) is 10.3. The molecule has 0 spiro atoms. The summed E-state index contributed by atoms with van der Waals surface area (Å²) in [6, 6.07) is 12.8. The quantitative estimate of drug-likeness (QED) is 0.609. The van der Waals surface area contributed by atoms with Crippen molar-refractivity contribution in [3.05, 3.63) is 48.3 Å². The zero-order valence-electron chi connectivity index (χ0n) is 20.9. The number of hydrogen-bond acceptors (Lipinski definition) is 6. The molecule has 2 aliphatic heterocycles. The molecule has 8 heteroatoms. The number of morpholine rings is 1. The van der Waals surface area contributed by atoms with E-state index < -0.39 is 5.60 Å². The van der Waals surface area contributed by atoms with Crippen LogP contribution in [0.3, 0.4) is 0 Å². The number of ether oxygens (including phenoxy) is 2. The number of nitrogens with zero attached hydrogens (tertiary/aromatic N) is 4. The van der Waals surface area contributed by atoms with Crippen molar-refractivity contribution in [2.75, 3.05) is 57.4 Å². The summed E-state index contributed by atoms with van der Waals surface area (Å²) < 4.78 is 11.0. The number of benzene rings is 1. The molecule has 5 rings (SSSR count). The van der Waals surface area contributed by atoms with E-state index in [2.05, 4.69) is 45.1 Å². The molecule has 0 radical (unpaired) electrons. The second kappa shape index (κ2) is 9.87. The Kier molecular flexibility index (Phi) is 6.67. The van der Waals surface area contributed by atoms with Crippen LogP contribution in [-0.4, -0.2) is 83.9 Å². The van der Waals surface area contributed by atoms with Gasteiger partial charge in [-0.15, -0.1) is 0 Å². The number of hydrogen-bond donors (Lipinski definition) is 1. The molecule has 1 N–H and O–H groups in total. The number of fused-ring (bicyclic) bond motifs is 1. The summed E-state index contributed by atoms with van der Waals surface area (Å²) in [7, 11) is 0. The van der Waals surface area contributed by atoms with Gasteiger partial charge >= 0.3 is 6.09 Å². The number of anilines is 1. The molecular formula is C27H35N5O3. The summed E-state index contributed by atoms with van der Waals surface area (Å²) in [5.41, 5.74) is 5.06. The molecule has 186 valence electrons. The van der Waals surface area contributed by atoms with Crippen LogP contribution in [0.1, 0.15) is 26.5 Å². The van der Waals surface area contributed by atoms with E-state index in [0.29, 0.717) is 13.1 Å². The Balaban J connectivity index is 1.31. The first-order valence-electron chi connectivity index (χ1n) is 12.5. The fourth-order valence-electron chi connectivity index (χ4n) is 4.75. The van der Waals surface area contributed by atoms with E-state index >= 15 is 0 Å². The third kappa shape index (κ3) is 5.60. The first kappa shape index (κ1) is 23.6. The van der Waals surface area contributed by atoms with Crippen LogP contribution >= 0.6 is 0 Å². The third-order valence-electron chi connectivity index (χ3n) is 6.52. The maximum absolute atomic E-state index is 12.4. The van der Waals surface area contributed by atoms with Gasteiger partial charge in [-0.2, -0.15) is 0 Å². The molecule has 4 heterocycles. The van der Waals surface area contributed by atoms with Crippen LogP contribution in [0, 0.1) is 0 Å². The molecular weight excluding hydrogens is 442 g/mol. The number of aromatic amines is 1. The van der Waals surface area contributed by atoms with E-state index in [4.69, 9.17) is 14.5 Å². The molecule has 0 atom stereocenters. The third-order valence-corrected chi connectivity index (χ3v) is 6.52. The van der Waals surface area contributed by atoms with Gasteiger partial charge in [0.05, 0.1) is 18.9 Å². The predicted octanol–water partition coefficient (Wildman–Crippen LogP) is 4.12. The van der Waals surface area contributed by atoms with Crippen molar-refractivity contribution < 1.29 is 14.3 Å². The second-order valence-electron chi connectivity index (χ2n) is 10.3. The zero-order chi connectivity index (χ0) is 24.4. The van der Waals surface area contributed by atoms with Gasteiger partial charge in [-0.3, -0.25) is 9.88 Å². The fraction of sp³-hybridized carbons (Fsp3) is 0.481. The van der Waals surface area contributed by atoms with Crippen molar-refractivity contribution in [3.63, 3.8) is 0 Å². The van der Waals surface area contributed by atoms with Crippen molar-refractivity contribution in [2.45, 2.75) is 32.9 Å². The van der Waals surface area contributed by atoms with Gasteiger partial charge in [0.15, 0.2) is 0 Å². The molecule has 1 aromatic carbocycles. The van der Waals surface area contributed by atoms with Crippen molar-refractivity contribution in [1.29, 1.82) is 0 Å². The van der Waals surface area contributed by atoms with Crippen LogP contribution in [0.5, 0.6) is 0 Å². The molecule has 0 aliphatic carbocycles. The highest BCUT2D eigenvalue weighted by molar-refractivity contribution is 5.93. The lowest BCUT2D eigenvalue weighted by Crippen LogP contribution is -2.50. The van der Waals surface area contributed by atoms with Crippen LogP contribution in [0.2, 0.25) is 0 Å². The minimum Gasteiger partial charge on any atom is -0.444 e. The average molecular weight is 478 g/mol. The summed E-state index contributed by atoms with van der Waals surface area (Å²) in [6.07, 6.45) is 1.64. The van der Waals surface area contributed by atoms with Crippen LogP contribution in [-0.2, 0) is 16.0 Å². The Morgan fingerprint density at radius 2 is 1.83 bits per heavy atom. The minimum atomic E-state index is -0.475. The lowest BCUT2D eigenvalue weighted by atomic mass is 10.1. The Morgan fingerprint density at radius 1 is 1.06 bits per heavy atom. The maximum atomic E-state index is 12.4. The van der Waals surface area contributed by atoms with Gasteiger partial charge in [0.1, 0.15) is 5.60 Å². The van der Waals surface area contributed by atoms with Gasteiger partial charge in [0.2, 0.25) is 0 Å². The van der Waals surface area contributed by atoms with Crippen molar-refractivity contribution in [2.24, 2.45) is 0 Å². The molecule has 2 saturated heterocycles. The number of piperazine rings is 1. The SMILES string of the molecule is CC(C)(C)OC(=O)N1CCN(c2cccc(-c3nccc4[nH]c(CN5CCOCC5)cc34)c2)CC1. The van der Waals surface area contributed by atoms with Gasteiger partial charge in [-0.1, -0.05) is 12.1 Å². The molecule has 35 heavy (non-hydrogen) atoms. The van der Waals surface area contributed by atoms with Gasteiger partial charge in [-0.25, -0.2) is 4.79 Å². The summed E-state index contributed by atoms with van der Waals surface area (Å²) in [5, 5.41) is 1.14. The number of nitrogens with one attached hydrogen (secondary N) is 1. The highest BCUT2D eigenvalue weighted by Crippen LogP contribution is 2.30. The summed E-state index contributed by atoms with van der Waals surface area (Å²) in [5.74, 6) is 0. The lowest BCUT2D eigenvalue weighted by Gasteiger charge is -2.36. The normalized spacial score (nSPS) is 17.7. The standard InChI is InChI=1S/C27H35N5O3/c1-27(2,3)35-26(33)32-11-9-31(10-12-32)22-6-4-5-20(17-22)25-23-18-21(29-24(23)7-8-28-25)19-30-13-15-34-16-14-30/h4-8,17-18,29H,9-16,19H2,1-3H3. The van der Waals surface area contributed by atoms with Gasteiger partial charge in [0, 0.05) is 79.9 Å². The number of carbonyl (C=O) groups is 1. The van der Waals surface area contributed by atoms with Crippen LogP contribution in [0.15, 0.2) is 42.6 Å². The van der Waals surface area contributed by atoms with E-state index in [0.717, 1.165) is 73.8 Å². The monoisotopic (exact) mass is 477 g/mol. The van der Waals surface area contributed by atoms with Gasteiger partial charge in [-0.05, 0) is 45.0 Å². The van der Waals surface area contributed by atoms with Gasteiger partial charge < -0.3 is 24.3 Å². The Hall–Kier alpha value is -3.10. The lowest BCUT2D eigenvalue weighted by molar-refractivity contribution is 0.0240. The summed E-state index contributed by atoms with van der Waals surface area (Å²) in [4.78, 5) is 27.3. The fourth-order valence-corrected chi connectivity index (χ4v) is 4.75. The number of pyridine rings is 1. The molecule has 0 saturated carbocycles. The first-order chi connectivity index (χ1) is 16.9. The number of aromatic nitrogens is 2. The van der Waals surface area contributed by atoms with E-state index in [1.54, 1.807) is 4.90 Å². The van der Waals surface area contributed by atoms with Gasteiger partial charge in [0.25, 0.3) is 0 Å². The molecule has 8 nitrogen and oxygen atoms in total. The molecule has 2 aliphatic rings. The molecule has 2 aromatic heterocycles. The Morgan fingerprint density at radius 3 is 2.57 bits per heavy atom. The summed E-state index contributed by atoms with van der Waals surface area (Å²) in [6.45, 7) is 12.9. The maximum Gasteiger partial charge on any atom is 0.410 e. The minimum absolute atomic E-state index is 0.234. The molecule has 3 aromatic rings. The number of amides is 1. The molecule has 0 unspecified atom stereocenters. The Bertz CT molecular complexity index is 1170. The molecule has 0 bridgehead atoms. The average Bonchev–Trinajstić information content (AvgIpc) is 3.26. The Labute approximate surface area is 206 Å². The van der Waals surface area contributed by atoms with Crippen LogP contribution < -0.4 is 4.90 Å². The van der Waals surface area contributed by atoms with Crippen molar-refractivity contribution in [3.8, 4) is 11.3 Å². The topological polar surface area (TPSA) is 73.9 Å². The van der Waals surface area contributed by atoms with Crippen LogP contribution in [0.4, 0.5) is 10.5 Å². The van der Waals surface area contributed by atoms with E-state index in [1.165, 1.54) is 5.69 Å². The highest BCUT2D eigenvalue weighted by Gasteiger charge is 2.26. The largest absolute Gasteiger partial charge is 0.444 e. The number of rotatable bonds is 4. The predicted molar refractivity (Wildman–Crippen MR) is 138 cm³/mol. The smallest absolute Gasteiger partial charge is 0.410 e. The van der Waals surface area contributed by atoms with E-state index in [-0.39, 0.29) is 6.09 Å². The van der Waals surface area contributed by atoms with E-state index in [1.807, 2.05) is 33.0 Å². The molecule has 1 amide bonds. The molecule has 2 fully saturated rings. The van der Waals surface area contributed by atoms with Crippen LogP contribution in [0.25, 0.3) is 22.2 Å². The zero-order valence-corrected chi connectivity index (χ0v) is 20.9. The first-order valence-corrected chi connectivity index (χ1v) is 12.5. The van der Waals surface area contributed by atoms with Crippen molar-refractivity contribution >= 4 is 22.7 Å². The number of carbonyl (C=O) groups excluding carboxylic acids is 1. The highest BCUT2D eigenvalue weighted by atomic mass is 16.6. The number of H-pyrrole nitrogens is 1. The van der Waals surface area contributed by atoms with E-state index in [9.17, 15) is 4.79 Å². The summed E-state index contributed by atoms with van der Waals surface area (Å²) >= 11 is 0. The van der Waals surface area contributed by atoms with Crippen molar-refractivity contribution in [1.82, 2.24) is 19.8 Å².